The molecule has 20 heavy (non-hydrogen) atoms. The van der Waals surface area contributed by atoms with Crippen molar-refractivity contribution >= 4 is 46.7 Å². The van der Waals surface area contributed by atoms with Crippen molar-refractivity contribution in [3.05, 3.63) is 16.7 Å². The number of hydrogen-bond acceptors (Lipinski definition) is 5. The summed E-state index contributed by atoms with van der Waals surface area (Å²) in [5.41, 5.74) is 5.94. The molecule has 0 aliphatic heterocycles. The Kier molecular flexibility index (Phi) is 6.19. The van der Waals surface area contributed by atoms with Gasteiger partial charge >= 0.3 is 29.6 Å². The van der Waals surface area contributed by atoms with Gasteiger partial charge in [-0.15, -0.1) is 0 Å². The monoisotopic (exact) mass is 289 g/mol. The number of aromatic nitrogens is 4. The van der Waals surface area contributed by atoms with Gasteiger partial charge in [-0.2, -0.15) is 4.98 Å². The molecule has 0 spiro atoms. The van der Waals surface area contributed by atoms with Crippen LogP contribution in [0.25, 0.3) is 11.2 Å². The Bertz CT molecular complexity index is 624. The van der Waals surface area contributed by atoms with E-state index in [-0.39, 0.29) is 58.6 Å². The fraction of sp³-hybridized carbons (Fsp3) is 0.583. The van der Waals surface area contributed by atoms with Crippen molar-refractivity contribution < 1.29 is 5.11 Å². The van der Waals surface area contributed by atoms with E-state index in [1.165, 1.54) is 0 Å². The first-order valence-electron chi connectivity index (χ1n) is 6.45. The summed E-state index contributed by atoms with van der Waals surface area (Å²) >= 11 is 0. The van der Waals surface area contributed by atoms with Crippen LogP contribution in [0.4, 0.5) is 5.95 Å². The minimum atomic E-state index is -0.373. The molecule has 8 heteroatoms. The van der Waals surface area contributed by atoms with Gasteiger partial charge in [-0.05, 0) is 12.8 Å². The van der Waals surface area contributed by atoms with Crippen LogP contribution < -0.4 is 11.3 Å². The van der Waals surface area contributed by atoms with Crippen LogP contribution in [0.1, 0.15) is 26.7 Å². The van der Waals surface area contributed by atoms with Crippen LogP contribution in [0.15, 0.2) is 11.1 Å². The molecule has 2 rings (SSSR count). The Morgan fingerprint density at radius 1 is 1.45 bits per heavy atom. The minimum absolute atomic E-state index is 0. The van der Waals surface area contributed by atoms with Crippen LogP contribution in [-0.2, 0) is 6.54 Å². The number of aliphatic hydroxyl groups is 1. The molecular weight excluding hydrogens is 269 g/mol. The van der Waals surface area contributed by atoms with E-state index in [1.807, 2.05) is 13.8 Å². The van der Waals surface area contributed by atoms with Crippen LogP contribution in [0, 0.1) is 5.92 Å². The summed E-state index contributed by atoms with van der Waals surface area (Å²) in [5.74, 6) is 0.174. The second kappa shape index (κ2) is 7.21. The van der Waals surface area contributed by atoms with E-state index in [4.69, 9.17) is 5.73 Å². The fourth-order valence-electron chi connectivity index (χ4n) is 2.21. The maximum absolute atomic E-state index is 11.7. The molecule has 4 N–H and O–H groups in total. The average Bonchev–Trinajstić information content (AvgIpc) is 2.78. The molecule has 0 aliphatic rings. The molecule has 7 nitrogen and oxygen atoms in total. The average molecular weight is 289 g/mol. The second-order valence-corrected chi connectivity index (χ2v) is 4.66. The fourth-order valence-corrected chi connectivity index (χ4v) is 2.21. The van der Waals surface area contributed by atoms with Crippen LogP contribution >= 0.6 is 0 Å². The topological polar surface area (TPSA) is 110 Å². The normalized spacial score (nSPS) is 13.9. The molecule has 0 aliphatic carbocycles. The Labute approximate surface area is 138 Å². The number of aliphatic hydroxyl groups excluding tert-OH is 1. The molecule has 0 saturated heterocycles. The van der Waals surface area contributed by atoms with Crippen molar-refractivity contribution in [3.63, 3.8) is 0 Å². The molecule has 0 aromatic carbocycles. The quantitative estimate of drug-likeness (QED) is 0.663. The Balaban J connectivity index is 0.00000200. The van der Waals surface area contributed by atoms with E-state index >= 15 is 0 Å². The zero-order valence-electron chi connectivity index (χ0n) is 11.1. The van der Waals surface area contributed by atoms with Crippen molar-refractivity contribution in [1.82, 2.24) is 19.5 Å². The van der Waals surface area contributed by atoms with Gasteiger partial charge in [-0.3, -0.25) is 9.78 Å². The third-order valence-corrected chi connectivity index (χ3v) is 3.41. The van der Waals surface area contributed by atoms with Gasteiger partial charge in [-0.1, -0.05) is 13.8 Å². The van der Waals surface area contributed by atoms with Gasteiger partial charge < -0.3 is 15.4 Å². The molecule has 2 heterocycles. The predicted octanol–water partition coefficient (Wildman–Crippen LogP) is -0.150. The second-order valence-electron chi connectivity index (χ2n) is 4.66. The molecule has 0 amide bonds. The van der Waals surface area contributed by atoms with Gasteiger partial charge in [0.05, 0.1) is 12.4 Å². The van der Waals surface area contributed by atoms with Gasteiger partial charge in [0.25, 0.3) is 5.56 Å². The summed E-state index contributed by atoms with van der Waals surface area (Å²) in [4.78, 5) is 22.2. The molecule has 2 aromatic rings. The molecule has 0 fully saturated rings. The zero-order chi connectivity index (χ0) is 14.0. The Hall–Kier alpha value is -0.890. The van der Waals surface area contributed by atoms with Crippen molar-refractivity contribution in [2.24, 2.45) is 5.92 Å². The van der Waals surface area contributed by atoms with Crippen molar-refractivity contribution in [2.75, 3.05) is 5.73 Å². The molecule has 0 bridgehead atoms. The summed E-state index contributed by atoms with van der Waals surface area (Å²) in [7, 11) is 0. The van der Waals surface area contributed by atoms with Crippen LogP contribution in [0.3, 0.4) is 0 Å². The molecule has 106 valence electrons. The maximum atomic E-state index is 11.7. The number of H-pyrrole nitrogens is 1. The third kappa shape index (κ3) is 3.41. The molecular formula is C12H20N5NaO2. The summed E-state index contributed by atoms with van der Waals surface area (Å²) in [5, 5.41) is 9.95. The van der Waals surface area contributed by atoms with Crippen molar-refractivity contribution in [1.29, 1.82) is 0 Å². The van der Waals surface area contributed by atoms with Gasteiger partial charge in [0.15, 0.2) is 11.2 Å². The zero-order valence-corrected chi connectivity index (χ0v) is 11.1. The van der Waals surface area contributed by atoms with Gasteiger partial charge in [0, 0.05) is 12.5 Å². The van der Waals surface area contributed by atoms with E-state index in [0.29, 0.717) is 18.6 Å². The summed E-state index contributed by atoms with van der Waals surface area (Å²) in [6.45, 7) is 4.54. The third-order valence-electron chi connectivity index (χ3n) is 3.41. The number of anilines is 1. The van der Waals surface area contributed by atoms with Gasteiger partial charge in [0.1, 0.15) is 0 Å². The predicted molar refractivity (Wildman–Crippen MR) is 79.8 cm³/mol. The summed E-state index contributed by atoms with van der Waals surface area (Å²) in [6.07, 6.45) is 2.73. The van der Waals surface area contributed by atoms with Crippen molar-refractivity contribution in [3.8, 4) is 0 Å². The molecule has 2 aromatic heterocycles. The van der Waals surface area contributed by atoms with Gasteiger partial charge in [-0.25, -0.2) is 4.98 Å². The Morgan fingerprint density at radius 3 is 2.75 bits per heavy atom. The molecule has 2 unspecified atom stereocenters. The number of hydrogen-bond donors (Lipinski definition) is 3. The number of rotatable bonds is 5. The number of aromatic amines is 1. The summed E-state index contributed by atoms with van der Waals surface area (Å²) in [6, 6.07) is 0. The number of imidazole rings is 1. The van der Waals surface area contributed by atoms with Crippen LogP contribution in [0.5, 0.6) is 0 Å². The van der Waals surface area contributed by atoms with Crippen LogP contribution in [0.2, 0.25) is 0 Å². The Morgan fingerprint density at radius 2 is 2.15 bits per heavy atom. The number of nitrogens with zero attached hydrogens (tertiary/aromatic N) is 3. The summed E-state index contributed by atoms with van der Waals surface area (Å²) < 4.78 is 1.77. The SMILES string of the molecule is CCC(O)C(CC)Cn1cnc2c(=O)[nH]c(N)nc21.[NaH]. The first-order valence-corrected chi connectivity index (χ1v) is 6.45. The van der Waals surface area contributed by atoms with E-state index < -0.39 is 0 Å². The first-order chi connectivity index (χ1) is 9.06. The number of fused-ring (bicyclic) bond motifs is 1. The van der Waals surface area contributed by atoms with Gasteiger partial charge in [0.2, 0.25) is 5.95 Å². The van der Waals surface area contributed by atoms with E-state index in [9.17, 15) is 9.90 Å². The number of nitrogen functional groups attached to an aromatic ring is 1. The van der Waals surface area contributed by atoms with E-state index in [1.54, 1.807) is 10.9 Å². The standard InChI is InChI=1S/C12H19N5O2.Na.H/c1-3-7(8(18)4-2)5-17-6-14-9-10(17)15-12(13)16-11(9)19;;/h6-8,18H,3-5H2,1-2H3,(H3,13,15,16,19);;. The number of nitrogens with one attached hydrogen (secondary N) is 1. The molecule has 0 radical (unpaired) electrons. The van der Waals surface area contributed by atoms with Crippen LogP contribution in [-0.4, -0.2) is 60.3 Å². The van der Waals surface area contributed by atoms with E-state index in [2.05, 4.69) is 15.0 Å². The van der Waals surface area contributed by atoms with Crippen molar-refractivity contribution in [2.45, 2.75) is 39.3 Å². The molecule has 2 atom stereocenters. The number of nitrogens with two attached hydrogens (primary N) is 1. The first kappa shape index (κ1) is 17.2. The molecule has 0 saturated carbocycles. The van der Waals surface area contributed by atoms with E-state index in [0.717, 1.165) is 6.42 Å².